The van der Waals surface area contributed by atoms with Crippen LogP contribution >= 0.6 is 0 Å². The topological polar surface area (TPSA) is 47.7 Å². The van der Waals surface area contributed by atoms with Crippen LogP contribution < -0.4 is 5.32 Å². The van der Waals surface area contributed by atoms with E-state index in [2.05, 4.69) is 40.5 Å². The van der Waals surface area contributed by atoms with Crippen molar-refractivity contribution in [1.29, 1.82) is 0 Å². The molecule has 2 heterocycles. The van der Waals surface area contributed by atoms with Crippen LogP contribution in [-0.4, -0.2) is 26.1 Å². The van der Waals surface area contributed by atoms with Gasteiger partial charge in [0, 0.05) is 37.5 Å². The molecule has 2 aromatic rings. The lowest BCUT2D eigenvalue weighted by Gasteiger charge is -2.15. The Morgan fingerprint density at radius 1 is 1.38 bits per heavy atom. The van der Waals surface area contributed by atoms with Crippen LogP contribution in [-0.2, 0) is 13.5 Å². The number of hydrogen-bond donors (Lipinski definition) is 1. The fourth-order valence-electron chi connectivity index (χ4n) is 3.24. The number of aryl methyl sites for hydroxylation is 1. The van der Waals surface area contributed by atoms with Gasteiger partial charge in [-0.1, -0.05) is 19.8 Å². The van der Waals surface area contributed by atoms with Crippen molar-refractivity contribution in [1.82, 2.24) is 24.9 Å². The molecule has 21 heavy (non-hydrogen) atoms. The van der Waals surface area contributed by atoms with Crippen molar-refractivity contribution in [2.45, 2.75) is 51.1 Å². The van der Waals surface area contributed by atoms with Gasteiger partial charge in [-0.15, -0.1) is 0 Å². The zero-order valence-electron chi connectivity index (χ0n) is 13.0. The Morgan fingerprint density at radius 2 is 2.19 bits per heavy atom. The van der Waals surface area contributed by atoms with Gasteiger partial charge in [0.05, 0.1) is 17.9 Å². The molecule has 2 aromatic heterocycles. The van der Waals surface area contributed by atoms with E-state index < -0.39 is 0 Å². The van der Waals surface area contributed by atoms with Gasteiger partial charge in [-0.05, 0) is 25.5 Å². The third kappa shape index (κ3) is 3.35. The molecule has 0 radical (unpaired) electrons. The molecule has 1 atom stereocenters. The van der Waals surface area contributed by atoms with Crippen LogP contribution in [0.15, 0.2) is 24.7 Å². The van der Waals surface area contributed by atoms with Crippen LogP contribution in [0.5, 0.6) is 0 Å². The van der Waals surface area contributed by atoms with Crippen molar-refractivity contribution in [3.63, 3.8) is 0 Å². The van der Waals surface area contributed by atoms with Crippen molar-refractivity contribution in [2.75, 3.05) is 6.54 Å². The van der Waals surface area contributed by atoms with Crippen LogP contribution in [0.4, 0.5) is 0 Å². The highest BCUT2D eigenvalue weighted by Gasteiger charge is 2.19. The molecular weight excluding hydrogens is 262 g/mol. The SMILES string of the molecule is CCNC(Cc1ccn(C2CCCC2)n1)c1cnn(C)c1. The average Bonchev–Trinajstić information content (AvgIpc) is 3.18. The van der Waals surface area contributed by atoms with Gasteiger partial charge in [-0.25, -0.2) is 0 Å². The molecule has 1 aliphatic carbocycles. The third-order valence-corrected chi connectivity index (χ3v) is 4.35. The Balaban J connectivity index is 1.70. The van der Waals surface area contributed by atoms with E-state index in [9.17, 15) is 0 Å². The summed E-state index contributed by atoms with van der Waals surface area (Å²) in [6.07, 6.45) is 12.3. The summed E-state index contributed by atoms with van der Waals surface area (Å²) >= 11 is 0. The smallest absolute Gasteiger partial charge is 0.0643 e. The third-order valence-electron chi connectivity index (χ3n) is 4.35. The summed E-state index contributed by atoms with van der Waals surface area (Å²) in [5.74, 6) is 0. The highest BCUT2D eigenvalue weighted by molar-refractivity contribution is 5.14. The maximum atomic E-state index is 4.80. The maximum Gasteiger partial charge on any atom is 0.0643 e. The molecule has 1 unspecified atom stereocenters. The number of nitrogens with zero attached hydrogens (tertiary/aromatic N) is 4. The molecule has 1 N–H and O–H groups in total. The van der Waals surface area contributed by atoms with Crippen LogP contribution in [0, 0.1) is 0 Å². The molecule has 1 saturated carbocycles. The molecule has 0 saturated heterocycles. The Hall–Kier alpha value is -1.62. The van der Waals surface area contributed by atoms with Crippen molar-refractivity contribution < 1.29 is 0 Å². The van der Waals surface area contributed by atoms with Gasteiger partial charge in [0.15, 0.2) is 0 Å². The maximum absolute atomic E-state index is 4.80. The molecule has 0 amide bonds. The zero-order chi connectivity index (χ0) is 14.7. The number of nitrogens with one attached hydrogen (secondary N) is 1. The Kier molecular flexibility index (Phi) is 4.39. The van der Waals surface area contributed by atoms with Crippen LogP contribution in [0.1, 0.15) is 55.9 Å². The summed E-state index contributed by atoms with van der Waals surface area (Å²) in [5.41, 5.74) is 2.39. The molecule has 0 spiro atoms. The Labute approximate surface area is 126 Å². The molecular formula is C16H25N5. The van der Waals surface area contributed by atoms with Gasteiger partial charge in [0.25, 0.3) is 0 Å². The van der Waals surface area contributed by atoms with Crippen LogP contribution in [0.25, 0.3) is 0 Å². The molecule has 5 nitrogen and oxygen atoms in total. The summed E-state index contributed by atoms with van der Waals surface area (Å²) in [6.45, 7) is 3.09. The lowest BCUT2D eigenvalue weighted by molar-refractivity contribution is 0.457. The predicted octanol–water partition coefficient (Wildman–Crippen LogP) is 2.63. The first-order valence-electron chi connectivity index (χ1n) is 8.02. The largest absolute Gasteiger partial charge is 0.310 e. The monoisotopic (exact) mass is 287 g/mol. The standard InChI is InChI=1S/C16H25N5/c1-3-17-16(13-11-18-20(2)12-13)10-14-8-9-21(19-14)15-6-4-5-7-15/h8-9,11-12,15-17H,3-7,10H2,1-2H3. The van der Waals surface area contributed by atoms with E-state index in [4.69, 9.17) is 5.10 Å². The van der Waals surface area contributed by atoms with E-state index in [1.165, 1.54) is 31.2 Å². The summed E-state index contributed by atoms with van der Waals surface area (Å²) in [5, 5.41) is 12.6. The number of rotatable bonds is 6. The van der Waals surface area contributed by atoms with E-state index in [1.807, 2.05) is 17.9 Å². The summed E-state index contributed by atoms with van der Waals surface area (Å²) in [6, 6.07) is 3.07. The first kappa shape index (κ1) is 14.3. The molecule has 5 heteroatoms. The minimum atomic E-state index is 0.288. The minimum Gasteiger partial charge on any atom is -0.310 e. The number of likely N-dealkylation sites (N-methyl/N-ethyl adjacent to an activating group) is 1. The van der Waals surface area contributed by atoms with Crippen molar-refractivity contribution in [3.05, 3.63) is 35.9 Å². The Bertz CT molecular complexity index is 565. The van der Waals surface area contributed by atoms with Crippen LogP contribution in [0.2, 0.25) is 0 Å². The highest BCUT2D eigenvalue weighted by Crippen LogP contribution is 2.29. The number of aromatic nitrogens is 4. The van der Waals surface area contributed by atoms with Crippen molar-refractivity contribution in [2.24, 2.45) is 7.05 Å². The second-order valence-corrected chi connectivity index (χ2v) is 5.99. The normalized spacial score (nSPS) is 17.4. The van der Waals surface area contributed by atoms with E-state index in [-0.39, 0.29) is 6.04 Å². The highest BCUT2D eigenvalue weighted by atomic mass is 15.3. The first-order chi connectivity index (χ1) is 10.3. The van der Waals surface area contributed by atoms with Crippen molar-refractivity contribution >= 4 is 0 Å². The second kappa shape index (κ2) is 6.43. The van der Waals surface area contributed by atoms with E-state index >= 15 is 0 Å². The summed E-state index contributed by atoms with van der Waals surface area (Å²) < 4.78 is 4.03. The molecule has 0 bridgehead atoms. The van der Waals surface area contributed by atoms with E-state index in [1.54, 1.807) is 0 Å². The van der Waals surface area contributed by atoms with Gasteiger partial charge in [-0.2, -0.15) is 10.2 Å². The lowest BCUT2D eigenvalue weighted by Crippen LogP contribution is -2.23. The zero-order valence-corrected chi connectivity index (χ0v) is 13.0. The van der Waals surface area contributed by atoms with Crippen molar-refractivity contribution in [3.8, 4) is 0 Å². The predicted molar refractivity (Wildman–Crippen MR) is 83.1 cm³/mol. The molecule has 1 aliphatic rings. The van der Waals surface area contributed by atoms with Crippen LogP contribution in [0.3, 0.4) is 0 Å². The fraction of sp³-hybridized carbons (Fsp3) is 0.625. The van der Waals surface area contributed by atoms with Gasteiger partial charge >= 0.3 is 0 Å². The number of hydrogen-bond acceptors (Lipinski definition) is 3. The molecule has 3 rings (SSSR count). The lowest BCUT2D eigenvalue weighted by atomic mass is 10.1. The second-order valence-electron chi connectivity index (χ2n) is 5.99. The molecule has 114 valence electrons. The quantitative estimate of drug-likeness (QED) is 0.888. The van der Waals surface area contributed by atoms with Gasteiger partial charge < -0.3 is 5.32 Å². The summed E-state index contributed by atoms with van der Waals surface area (Å²) in [7, 11) is 1.96. The minimum absolute atomic E-state index is 0.288. The molecule has 0 aliphatic heterocycles. The van der Waals surface area contributed by atoms with Gasteiger partial charge in [-0.3, -0.25) is 9.36 Å². The van der Waals surface area contributed by atoms with E-state index in [0.717, 1.165) is 18.7 Å². The first-order valence-corrected chi connectivity index (χ1v) is 8.02. The Morgan fingerprint density at radius 3 is 2.86 bits per heavy atom. The van der Waals surface area contributed by atoms with E-state index in [0.29, 0.717) is 6.04 Å². The fourth-order valence-corrected chi connectivity index (χ4v) is 3.24. The molecule has 1 fully saturated rings. The summed E-state index contributed by atoms with van der Waals surface area (Å²) in [4.78, 5) is 0. The van der Waals surface area contributed by atoms with Gasteiger partial charge in [0.1, 0.15) is 0 Å². The molecule has 0 aromatic carbocycles. The average molecular weight is 287 g/mol. The van der Waals surface area contributed by atoms with Gasteiger partial charge in [0.2, 0.25) is 0 Å².